The van der Waals surface area contributed by atoms with Crippen molar-refractivity contribution in [1.82, 2.24) is 0 Å². The van der Waals surface area contributed by atoms with E-state index in [4.69, 9.17) is 0 Å². The summed E-state index contributed by atoms with van der Waals surface area (Å²) in [6.07, 6.45) is 1.94. The molecule has 0 N–H and O–H groups in total. The van der Waals surface area contributed by atoms with E-state index in [-0.39, 0.29) is 0 Å². The summed E-state index contributed by atoms with van der Waals surface area (Å²) in [6, 6.07) is 10.3. The molecule has 0 bridgehead atoms. The Morgan fingerprint density at radius 1 is 1.30 bits per heavy atom. The molecule has 10 heavy (non-hydrogen) atoms. The molecular formula is C9H9I. The number of rotatable bonds is 2. The summed E-state index contributed by atoms with van der Waals surface area (Å²) >= 11 is 2.35. The lowest BCUT2D eigenvalue weighted by Crippen LogP contribution is -1.81. The number of halogens is 1. The van der Waals surface area contributed by atoms with Gasteiger partial charge in [0.2, 0.25) is 0 Å². The van der Waals surface area contributed by atoms with Crippen molar-refractivity contribution >= 4 is 22.6 Å². The summed E-state index contributed by atoms with van der Waals surface area (Å²) in [5.41, 5.74) is 1.32. The first-order valence-electron chi connectivity index (χ1n) is 3.16. The Kier molecular flexibility index (Phi) is 2.93. The van der Waals surface area contributed by atoms with Crippen molar-refractivity contribution in [1.29, 1.82) is 0 Å². The molecule has 0 fully saturated rings. The Hall–Kier alpha value is -0.310. The molecule has 1 unspecified atom stereocenters. The van der Waals surface area contributed by atoms with E-state index < -0.39 is 0 Å². The van der Waals surface area contributed by atoms with Crippen molar-refractivity contribution in [3.8, 4) is 0 Å². The number of hydrogen-bond donors (Lipinski definition) is 0. The first-order valence-corrected chi connectivity index (χ1v) is 4.40. The quantitative estimate of drug-likeness (QED) is 0.425. The standard InChI is InChI=1S/C9H9I/c1-2-9(10)8-6-4-3-5-7-8/h2-7,9H,1H2. The van der Waals surface area contributed by atoms with Gasteiger partial charge in [0, 0.05) is 0 Å². The smallest absolute Gasteiger partial charge is 0.0536 e. The summed E-state index contributed by atoms with van der Waals surface area (Å²) < 4.78 is 0.443. The molecule has 0 aliphatic heterocycles. The van der Waals surface area contributed by atoms with E-state index in [1.54, 1.807) is 0 Å². The highest BCUT2D eigenvalue weighted by Gasteiger charge is 1.98. The van der Waals surface area contributed by atoms with Gasteiger partial charge in [-0.25, -0.2) is 0 Å². The van der Waals surface area contributed by atoms with Crippen LogP contribution < -0.4 is 0 Å². The van der Waals surface area contributed by atoms with Crippen LogP contribution in [-0.2, 0) is 0 Å². The summed E-state index contributed by atoms with van der Waals surface area (Å²) in [4.78, 5) is 0. The van der Waals surface area contributed by atoms with Gasteiger partial charge in [-0.2, -0.15) is 0 Å². The highest BCUT2D eigenvalue weighted by Crippen LogP contribution is 2.22. The minimum Gasteiger partial charge on any atom is -0.102 e. The Morgan fingerprint density at radius 2 is 1.90 bits per heavy atom. The highest BCUT2D eigenvalue weighted by atomic mass is 127. The lowest BCUT2D eigenvalue weighted by molar-refractivity contribution is 1.29. The van der Waals surface area contributed by atoms with Gasteiger partial charge in [-0.1, -0.05) is 59.0 Å². The summed E-state index contributed by atoms with van der Waals surface area (Å²) in [5, 5.41) is 0. The molecule has 0 aromatic heterocycles. The zero-order chi connectivity index (χ0) is 7.40. The molecule has 52 valence electrons. The predicted octanol–water partition coefficient (Wildman–Crippen LogP) is 3.35. The van der Waals surface area contributed by atoms with Crippen molar-refractivity contribution in [3.05, 3.63) is 48.6 Å². The van der Waals surface area contributed by atoms with Gasteiger partial charge in [-0.3, -0.25) is 0 Å². The van der Waals surface area contributed by atoms with Crippen LogP contribution >= 0.6 is 22.6 Å². The van der Waals surface area contributed by atoms with Gasteiger partial charge >= 0.3 is 0 Å². The van der Waals surface area contributed by atoms with Crippen LogP contribution in [0.1, 0.15) is 9.49 Å². The fourth-order valence-corrected chi connectivity index (χ4v) is 1.19. The third-order valence-electron chi connectivity index (χ3n) is 1.32. The molecule has 1 aromatic carbocycles. The van der Waals surface area contributed by atoms with Crippen LogP contribution in [-0.4, -0.2) is 0 Å². The predicted molar refractivity (Wildman–Crippen MR) is 53.4 cm³/mol. The normalized spacial score (nSPS) is 12.5. The maximum Gasteiger partial charge on any atom is 0.0536 e. The number of alkyl halides is 1. The molecule has 0 heterocycles. The number of allylic oxidation sites excluding steroid dienone is 1. The maximum atomic E-state index is 3.73. The second kappa shape index (κ2) is 3.76. The Labute approximate surface area is 75.1 Å². The van der Waals surface area contributed by atoms with Crippen LogP contribution in [0.2, 0.25) is 0 Å². The SMILES string of the molecule is C=CC(I)c1ccccc1. The third-order valence-corrected chi connectivity index (χ3v) is 2.55. The van der Waals surface area contributed by atoms with Crippen LogP contribution in [0, 0.1) is 0 Å². The highest BCUT2D eigenvalue weighted by molar-refractivity contribution is 14.1. The number of hydrogen-bond acceptors (Lipinski definition) is 0. The largest absolute Gasteiger partial charge is 0.102 e. The second-order valence-corrected chi connectivity index (χ2v) is 3.39. The molecule has 1 aromatic rings. The molecule has 0 aliphatic carbocycles. The average Bonchev–Trinajstić information content (AvgIpc) is 2.05. The fourth-order valence-electron chi connectivity index (χ4n) is 0.773. The van der Waals surface area contributed by atoms with Crippen molar-refractivity contribution in [2.24, 2.45) is 0 Å². The van der Waals surface area contributed by atoms with Crippen molar-refractivity contribution in [2.75, 3.05) is 0 Å². The summed E-state index contributed by atoms with van der Waals surface area (Å²) in [5.74, 6) is 0. The molecule has 0 radical (unpaired) electrons. The molecule has 1 heteroatoms. The molecule has 0 saturated heterocycles. The van der Waals surface area contributed by atoms with Gasteiger partial charge in [-0.05, 0) is 5.56 Å². The lowest BCUT2D eigenvalue weighted by atomic mass is 10.2. The van der Waals surface area contributed by atoms with Crippen molar-refractivity contribution < 1.29 is 0 Å². The van der Waals surface area contributed by atoms with E-state index >= 15 is 0 Å². The van der Waals surface area contributed by atoms with E-state index in [1.807, 2.05) is 24.3 Å². The zero-order valence-electron chi connectivity index (χ0n) is 5.63. The van der Waals surface area contributed by atoms with E-state index in [1.165, 1.54) is 5.56 Å². The van der Waals surface area contributed by atoms with Gasteiger partial charge in [0.1, 0.15) is 0 Å². The van der Waals surface area contributed by atoms with E-state index in [0.29, 0.717) is 3.92 Å². The second-order valence-electron chi connectivity index (χ2n) is 2.05. The van der Waals surface area contributed by atoms with E-state index in [9.17, 15) is 0 Å². The lowest BCUT2D eigenvalue weighted by Gasteiger charge is -2.01. The van der Waals surface area contributed by atoms with Gasteiger partial charge in [0.05, 0.1) is 3.92 Å². The van der Waals surface area contributed by atoms with Gasteiger partial charge < -0.3 is 0 Å². The molecule has 0 nitrogen and oxygen atoms in total. The molecule has 0 saturated carbocycles. The average molecular weight is 244 g/mol. The first kappa shape index (κ1) is 7.79. The molecule has 1 rings (SSSR count). The van der Waals surface area contributed by atoms with Crippen LogP contribution in [0.3, 0.4) is 0 Å². The van der Waals surface area contributed by atoms with Crippen LogP contribution in [0.15, 0.2) is 43.0 Å². The van der Waals surface area contributed by atoms with Crippen LogP contribution in [0.4, 0.5) is 0 Å². The van der Waals surface area contributed by atoms with Gasteiger partial charge in [-0.15, -0.1) is 6.58 Å². The molecule has 1 atom stereocenters. The van der Waals surface area contributed by atoms with Crippen molar-refractivity contribution in [2.45, 2.75) is 3.92 Å². The molecule has 0 aliphatic rings. The Balaban J connectivity index is 2.84. The first-order chi connectivity index (χ1) is 4.84. The fraction of sp³-hybridized carbons (Fsp3) is 0.111. The van der Waals surface area contributed by atoms with Crippen LogP contribution in [0.25, 0.3) is 0 Å². The Bertz CT molecular complexity index is 203. The van der Waals surface area contributed by atoms with Crippen molar-refractivity contribution in [3.63, 3.8) is 0 Å². The minimum absolute atomic E-state index is 0.443. The Morgan fingerprint density at radius 3 is 2.40 bits per heavy atom. The number of benzene rings is 1. The molecule has 0 amide bonds. The molecular weight excluding hydrogens is 235 g/mol. The maximum absolute atomic E-state index is 3.73. The topological polar surface area (TPSA) is 0 Å². The van der Waals surface area contributed by atoms with Crippen LogP contribution in [0.5, 0.6) is 0 Å². The van der Waals surface area contributed by atoms with Gasteiger partial charge in [0.15, 0.2) is 0 Å². The summed E-state index contributed by atoms with van der Waals surface area (Å²) in [6.45, 7) is 3.73. The summed E-state index contributed by atoms with van der Waals surface area (Å²) in [7, 11) is 0. The van der Waals surface area contributed by atoms with Gasteiger partial charge in [0.25, 0.3) is 0 Å². The minimum atomic E-state index is 0.443. The monoisotopic (exact) mass is 244 g/mol. The molecule has 0 spiro atoms. The van der Waals surface area contributed by atoms with E-state index in [2.05, 4.69) is 41.3 Å². The van der Waals surface area contributed by atoms with E-state index in [0.717, 1.165) is 0 Å². The zero-order valence-corrected chi connectivity index (χ0v) is 7.78. The third kappa shape index (κ3) is 1.84.